The Hall–Kier alpha value is -3.72. The predicted octanol–water partition coefficient (Wildman–Crippen LogP) is 5.09. The fraction of sp³-hybridized carbons (Fsp3) is 0.333. The van der Waals surface area contributed by atoms with Gasteiger partial charge in [0.2, 0.25) is 11.8 Å². The minimum Gasteiger partial charge on any atom is -0.355 e. The third-order valence-electron chi connectivity index (χ3n) is 6.46. The first-order valence-electron chi connectivity index (χ1n) is 13.1. The number of rotatable bonds is 12. The molecule has 3 aromatic rings. The Morgan fingerprint density at radius 2 is 1.51 bits per heavy atom. The molecule has 0 heterocycles. The highest BCUT2D eigenvalue weighted by atomic mass is 32.2. The first kappa shape index (κ1) is 29.8. The molecular weight excluding hydrogens is 517 g/mol. The van der Waals surface area contributed by atoms with Crippen LogP contribution in [0.3, 0.4) is 0 Å². The number of benzene rings is 3. The van der Waals surface area contributed by atoms with Gasteiger partial charge in [0.15, 0.2) is 0 Å². The Kier molecular flexibility index (Phi) is 10.2. The molecule has 39 heavy (non-hydrogen) atoms. The topological polar surface area (TPSA) is 86.8 Å². The van der Waals surface area contributed by atoms with Gasteiger partial charge in [0.1, 0.15) is 18.4 Å². The lowest BCUT2D eigenvalue weighted by molar-refractivity contribution is -0.140. The number of hydrogen-bond acceptors (Lipinski definition) is 4. The highest BCUT2D eigenvalue weighted by Crippen LogP contribution is 2.27. The average Bonchev–Trinajstić information content (AvgIpc) is 2.93. The van der Waals surface area contributed by atoms with E-state index in [2.05, 4.69) is 5.32 Å². The molecule has 0 aliphatic heterocycles. The number of carbonyl (C=O) groups is 2. The predicted molar refractivity (Wildman–Crippen MR) is 151 cm³/mol. The van der Waals surface area contributed by atoms with E-state index in [1.807, 2.05) is 26.0 Å². The largest absolute Gasteiger partial charge is 0.355 e. The first-order chi connectivity index (χ1) is 18.6. The molecule has 9 heteroatoms. The second-order valence-electron chi connectivity index (χ2n) is 9.54. The zero-order valence-electron chi connectivity index (χ0n) is 22.8. The first-order valence-corrected chi connectivity index (χ1v) is 14.5. The highest BCUT2D eigenvalue weighted by Gasteiger charge is 2.33. The molecule has 0 radical (unpaired) electrons. The van der Waals surface area contributed by atoms with Crippen molar-refractivity contribution in [2.75, 3.05) is 17.4 Å². The van der Waals surface area contributed by atoms with Gasteiger partial charge in [-0.1, -0.05) is 63.2 Å². The standard InChI is InChI=1S/C30H36FN3O4S/c1-5-28(30(36)32-6-2)33(20-23-12-16-25(31)17-13-23)29(35)21-34(26-18-14-24(15-19-26)22(3)4)39(37,38)27-10-8-7-9-11-27/h7-19,22,28H,5-6,20-21H2,1-4H3,(H,32,36). The molecule has 0 fully saturated rings. The van der Waals surface area contributed by atoms with Crippen molar-refractivity contribution in [1.82, 2.24) is 10.2 Å². The summed E-state index contributed by atoms with van der Waals surface area (Å²) in [4.78, 5) is 28.3. The quantitative estimate of drug-likeness (QED) is 0.339. The number of sulfonamides is 1. The number of carbonyl (C=O) groups excluding carboxylic acids is 2. The molecule has 1 atom stereocenters. The normalized spacial score (nSPS) is 12.2. The summed E-state index contributed by atoms with van der Waals surface area (Å²) in [7, 11) is -4.12. The van der Waals surface area contributed by atoms with Gasteiger partial charge in [0.25, 0.3) is 10.0 Å². The van der Waals surface area contributed by atoms with E-state index >= 15 is 0 Å². The lowest BCUT2D eigenvalue weighted by Crippen LogP contribution is -2.52. The van der Waals surface area contributed by atoms with Gasteiger partial charge in [-0.25, -0.2) is 12.8 Å². The summed E-state index contributed by atoms with van der Waals surface area (Å²) in [5.74, 6) is -1.06. The molecular formula is C30H36FN3O4S. The van der Waals surface area contributed by atoms with E-state index in [-0.39, 0.29) is 23.3 Å². The number of nitrogens with zero attached hydrogens (tertiary/aromatic N) is 2. The zero-order valence-corrected chi connectivity index (χ0v) is 23.6. The van der Waals surface area contributed by atoms with Crippen molar-refractivity contribution in [3.05, 3.63) is 95.8 Å². The smallest absolute Gasteiger partial charge is 0.264 e. The zero-order chi connectivity index (χ0) is 28.6. The minimum atomic E-state index is -4.12. The van der Waals surface area contributed by atoms with Crippen LogP contribution in [0.2, 0.25) is 0 Å². The van der Waals surface area contributed by atoms with E-state index in [0.29, 0.717) is 24.2 Å². The van der Waals surface area contributed by atoms with Gasteiger partial charge in [0, 0.05) is 13.1 Å². The van der Waals surface area contributed by atoms with Crippen LogP contribution in [0.25, 0.3) is 0 Å². The Bertz CT molecular complexity index is 1350. The summed E-state index contributed by atoms with van der Waals surface area (Å²) in [5, 5.41) is 2.76. The highest BCUT2D eigenvalue weighted by molar-refractivity contribution is 7.92. The van der Waals surface area contributed by atoms with Crippen LogP contribution >= 0.6 is 0 Å². The van der Waals surface area contributed by atoms with Crippen LogP contribution in [0.5, 0.6) is 0 Å². The summed E-state index contributed by atoms with van der Waals surface area (Å²) in [5.41, 5.74) is 1.98. The summed E-state index contributed by atoms with van der Waals surface area (Å²) >= 11 is 0. The molecule has 2 amide bonds. The monoisotopic (exact) mass is 553 g/mol. The Morgan fingerprint density at radius 1 is 0.897 bits per heavy atom. The third kappa shape index (κ3) is 7.44. The van der Waals surface area contributed by atoms with Crippen molar-refractivity contribution >= 4 is 27.5 Å². The maximum Gasteiger partial charge on any atom is 0.264 e. The number of hydrogen-bond donors (Lipinski definition) is 1. The van der Waals surface area contributed by atoms with Gasteiger partial charge in [0.05, 0.1) is 10.6 Å². The van der Waals surface area contributed by atoms with Gasteiger partial charge in [-0.3, -0.25) is 13.9 Å². The fourth-order valence-corrected chi connectivity index (χ4v) is 5.71. The molecule has 1 N–H and O–H groups in total. The van der Waals surface area contributed by atoms with Crippen LogP contribution in [-0.2, 0) is 26.2 Å². The molecule has 0 bridgehead atoms. The molecule has 1 unspecified atom stereocenters. The van der Waals surface area contributed by atoms with Crippen LogP contribution in [0, 0.1) is 5.82 Å². The van der Waals surface area contributed by atoms with Crippen molar-refractivity contribution in [2.45, 2.75) is 57.5 Å². The second kappa shape index (κ2) is 13.4. The molecule has 0 aromatic heterocycles. The van der Waals surface area contributed by atoms with Gasteiger partial charge in [-0.05, 0) is 66.8 Å². The molecule has 0 saturated carbocycles. The van der Waals surface area contributed by atoms with E-state index in [1.54, 1.807) is 56.3 Å². The van der Waals surface area contributed by atoms with E-state index in [1.165, 1.54) is 29.2 Å². The van der Waals surface area contributed by atoms with E-state index in [4.69, 9.17) is 0 Å². The lowest BCUT2D eigenvalue weighted by atomic mass is 10.0. The molecule has 3 rings (SSSR count). The molecule has 3 aromatic carbocycles. The Balaban J connectivity index is 2.05. The molecule has 7 nitrogen and oxygen atoms in total. The number of halogens is 1. The third-order valence-corrected chi connectivity index (χ3v) is 8.25. The minimum absolute atomic E-state index is 0.0142. The second-order valence-corrected chi connectivity index (χ2v) is 11.4. The molecule has 0 spiro atoms. The van der Waals surface area contributed by atoms with Gasteiger partial charge in [-0.15, -0.1) is 0 Å². The summed E-state index contributed by atoms with van der Waals surface area (Å²) in [6.45, 7) is 7.52. The van der Waals surface area contributed by atoms with Crippen molar-refractivity contribution in [3.63, 3.8) is 0 Å². The van der Waals surface area contributed by atoms with Gasteiger partial charge >= 0.3 is 0 Å². The van der Waals surface area contributed by atoms with Crippen LogP contribution in [0.4, 0.5) is 10.1 Å². The fourth-order valence-electron chi connectivity index (χ4n) is 4.27. The van der Waals surface area contributed by atoms with Crippen LogP contribution < -0.4 is 9.62 Å². The van der Waals surface area contributed by atoms with Crippen molar-refractivity contribution in [3.8, 4) is 0 Å². The van der Waals surface area contributed by atoms with E-state index < -0.39 is 34.3 Å². The lowest BCUT2D eigenvalue weighted by Gasteiger charge is -2.33. The van der Waals surface area contributed by atoms with E-state index in [9.17, 15) is 22.4 Å². The maximum absolute atomic E-state index is 13.9. The molecule has 0 saturated heterocycles. The molecule has 0 aliphatic rings. The van der Waals surface area contributed by atoms with Crippen molar-refractivity contribution in [1.29, 1.82) is 0 Å². The van der Waals surface area contributed by atoms with Crippen LogP contribution in [0.1, 0.15) is 51.2 Å². The average molecular weight is 554 g/mol. The van der Waals surface area contributed by atoms with Crippen molar-refractivity contribution < 1.29 is 22.4 Å². The summed E-state index contributed by atoms with van der Waals surface area (Å²) in [6, 6.07) is 19.8. The van der Waals surface area contributed by atoms with Crippen LogP contribution in [0.15, 0.2) is 83.8 Å². The summed E-state index contributed by atoms with van der Waals surface area (Å²) in [6.07, 6.45) is 0.313. The Morgan fingerprint density at radius 3 is 2.05 bits per heavy atom. The molecule has 208 valence electrons. The maximum atomic E-state index is 13.9. The van der Waals surface area contributed by atoms with Gasteiger partial charge in [-0.2, -0.15) is 0 Å². The molecule has 0 aliphatic carbocycles. The summed E-state index contributed by atoms with van der Waals surface area (Å²) < 4.78 is 42.3. The number of amides is 2. The van der Waals surface area contributed by atoms with Crippen LogP contribution in [-0.4, -0.2) is 44.3 Å². The number of anilines is 1. The number of nitrogens with one attached hydrogen (secondary N) is 1. The van der Waals surface area contributed by atoms with Crippen molar-refractivity contribution in [2.24, 2.45) is 0 Å². The van der Waals surface area contributed by atoms with Gasteiger partial charge < -0.3 is 10.2 Å². The van der Waals surface area contributed by atoms with E-state index in [0.717, 1.165) is 9.87 Å². The Labute approximate surface area is 230 Å². The number of likely N-dealkylation sites (N-methyl/N-ethyl adjacent to an activating group) is 1. The SMILES string of the molecule is CCNC(=O)C(CC)N(Cc1ccc(F)cc1)C(=O)CN(c1ccc(C(C)C)cc1)S(=O)(=O)c1ccccc1.